The highest BCUT2D eigenvalue weighted by molar-refractivity contribution is 14.0. The fourth-order valence-corrected chi connectivity index (χ4v) is 1.93. The topological polar surface area (TPSA) is 45.7 Å². The first kappa shape index (κ1) is 20.0. The molecule has 4 nitrogen and oxygen atoms in total. The number of guanidine groups is 1. The molecular weight excluding hydrogens is 377 g/mol. The van der Waals surface area contributed by atoms with Gasteiger partial charge in [-0.2, -0.15) is 0 Å². The summed E-state index contributed by atoms with van der Waals surface area (Å²) >= 11 is 0. The second kappa shape index (κ2) is 11.7. The van der Waals surface area contributed by atoms with Gasteiger partial charge in [0.15, 0.2) is 5.96 Å². The molecule has 0 amide bonds. The number of ether oxygens (including phenoxy) is 1. The molecule has 0 fully saturated rings. The number of halogens is 1. The van der Waals surface area contributed by atoms with E-state index in [1.165, 1.54) is 12.0 Å². The lowest BCUT2D eigenvalue weighted by Crippen LogP contribution is -2.37. The predicted octanol–water partition coefficient (Wildman–Crippen LogP) is 3.48. The molecule has 0 aliphatic rings. The number of hydrogen-bond acceptors (Lipinski definition) is 2. The van der Waals surface area contributed by atoms with Crippen molar-refractivity contribution in [3.8, 4) is 5.75 Å². The summed E-state index contributed by atoms with van der Waals surface area (Å²) < 4.78 is 5.27. The van der Waals surface area contributed by atoms with Crippen molar-refractivity contribution in [2.75, 3.05) is 20.2 Å². The first-order valence-electron chi connectivity index (χ1n) is 7.37. The molecule has 0 unspecified atom stereocenters. The summed E-state index contributed by atoms with van der Waals surface area (Å²) in [6, 6.07) is 6.18. The largest absolute Gasteiger partial charge is 0.496 e. The number of rotatable bonds is 7. The molecule has 0 saturated heterocycles. The molecule has 1 aromatic rings. The Kier molecular flexibility index (Phi) is 11.1. The molecule has 120 valence electrons. The van der Waals surface area contributed by atoms with Gasteiger partial charge >= 0.3 is 0 Å². The van der Waals surface area contributed by atoms with Crippen molar-refractivity contribution in [3.05, 3.63) is 29.3 Å². The minimum atomic E-state index is 0. The van der Waals surface area contributed by atoms with Crippen molar-refractivity contribution in [2.45, 2.75) is 40.2 Å². The summed E-state index contributed by atoms with van der Waals surface area (Å²) in [5.41, 5.74) is 2.33. The van der Waals surface area contributed by atoms with Gasteiger partial charge in [0.25, 0.3) is 0 Å². The van der Waals surface area contributed by atoms with Crippen LogP contribution in [0.1, 0.15) is 37.8 Å². The average Bonchev–Trinajstić information content (AvgIpc) is 2.45. The van der Waals surface area contributed by atoms with E-state index in [2.05, 4.69) is 48.5 Å². The van der Waals surface area contributed by atoms with Crippen molar-refractivity contribution in [1.82, 2.24) is 10.6 Å². The lowest BCUT2D eigenvalue weighted by atomic mass is 10.1. The average molecular weight is 405 g/mol. The van der Waals surface area contributed by atoms with Crippen LogP contribution in [0.5, 0.6) is 5.75 Å². The Morgan fingerprint density at radius 3 is 2.57 bits per heavy atom. The highest BCUT2D eigenvalue weighted by atomic mass is 127. The Labute approximate surface area is 145 Å². The number of unbranched alkanes of at least 4 members (excludes halogenated alkanes) is 1. The van der Waals surface area contributed by atoms with Gasteiger partial charge in [0.2, 0.25) is 0 Å². The van der Waals surface area contributed by atoms with Crippen LogP contribution in [-0.4, -0.2) is 26.2 Å². The zero-order valence-electron chi connectivity index (χ0n) is 13.5. The smallest absolute Gasteiger partial charge is 0.191 e. The number of hydrogen-bond donors (Lipinski definition) is 2. The molecule has 21 heavy (non-hydrogen) atoms. The van der Waals surface area contributed by atoms with Crippen molar-refractivity contribution >= 4 is 29.9 Å². The molecule has 0 aromatic heterocycles. The third-order valence-corrected chi connectivity index (χ3v) is 3.05. The molecule has 0 saturated carbocycles. The van der Waals surface area contributed by atoms with Gasteiger partial charge in [-0.1, -0.05) is 25.5 Å². The van der Waals surface area contributed by atoms with E-state index in [-0.39, 0.29) is 24.0 Å². The van der Waals surface area contributed by atoms with Crippen molar-refractivity contribution in [2.24, 2.45) is 4.99 Å². The molecule has 0 radical (unpaired) electrons. The summed E-state index contributed by atoms with van der Waals surface area (Å²) in [6.45, 7) is 8.83. The fraction of sp³-hybridized carbons (Fsp3) is 0.562. The molecule has 1 rings (SSSR count). The molecule has 1 aromatic carbocycles. The van der Waals surface area contributed by atoms with Gasteiger partial charge in [-0.05, 0) is 37.5 Å². The number of aliphatic imine (C=N–C) groups is 1. The van der Waals surface area contributed by atoms with Crippen LogP contribution in [0.3, 0.4) is 0 Å². The van der Waals surface area contributed by atoms with Crippen LogP contribution in [-0.2, 0) is 6.54 Å². The molecule has 0 aliphatic carbocycles. The van der Waals surface area contributed by atoms with Crippen molar-refractivity contribution < 1.29 is 4.74 Å². The molecule has 0 bridgehead atoms. The van der Waals surface area contributed by atoms with E-state index in [4.69, 9.17) is 4.74 Å². The minimum absolute atomic E-state index is 0. The van der Waals surface area contributed by atoms with Gasteiger partial charge in [0.05, 0.1) is 13.7 Å². The van der Waals surface area contributed by atoms with Crippen molar-refractivity contribution in [1.29, 1.82) is 0 Å². The minimum Gasteiger partial charge on any atom is -0.496 e. The van der Waals surface area contributed by atoms with E-state index in [0.717, 1.165) is 36.8 Å². The Bertz CT molecular complexity index is 436. The first-order valence-corrected chi connectivity index (χ1v) is 7.37. The monoisotopic (exact) mass is 405 g/mol. The third kappa shape index (κ3) is 7.55. The third-order valence-electron chi connectivity index (χ3n) is 3.05. The molecule has 2 N–H and O–H groups in total. The molecule has 0 spiro atoms. The maximum atomic E-state index is 5.27. The van der Waals surface area contributed by atoms with Crippen LogP contribution in [0.15, 0.2) is 23.2 Å². The van der Waals surface area contributed by atoms with Gasteiger partial charge in [-0.25, -0.2) is 4.99 Å². The summed E-state index contributed by atoms with van der Waals surface area (Å²) in [4.78, 5) is 4.61. The molecule has 5 heteroatoms. The standard InChI is InChI=1S/C16H27N3O.HI/c1-5-7-10-18-16(17-6-2)19-12-14-8-9-15(20-4)13(3)11-14;/h8-9,11H,5-7,10,12H2,1-4H3,(H2,17,18,19);1H. The second-order valence-electron chi connectivity index (χ2n) is 4.78. The lowest BCUT2D eigenvalue weighted by Gasteiger charge is -2.11. The fourth-order valence-electron chi connectivity index (χ4n) is 1.93. The zero-order valence-corrected chi connectivity index (χ0v) is 15.9. The SMILES string of the molecule is CCCCNC(=NCc1ccc(OC)c(C)c1)NCC.I. The predicted molar refractivity (Wildman–Crippen MR) is 101 cm³/mol. The van der Waals surface area contributed by atoms with Crippen LogP contribution in [0.4, 0.5) is 0 Å². The number of methoxy groups -OCH3 is 1. The Morgan fingerprint density at radius 1 is 1.24 bits per heavy atom. The lowest BCUT2D eigenvalue weighted by molar-refractivity contribution is 0.411. The van der Waals surface area contributed by atoms with E-state index in [9.17, 15) is 0 Å². The van der Waals surface area contributed by atoms with Gasteiger partial charge in [-0.3, -0.25) is 0 Å². The van der Waals surface area contributed by atoms with Gasteiger partial charge in [-0.15, -0.1) is 24.0 Å². The number of nitrogens with zero attached hydrogens (tertiary/aromatic N) is 1. The molecular formula is C16H28IN3O. The van der Waals surface area contributed by atoms with Crippen LogP contribution in [0.2, 0.25) is 0 Å². The summed E-state index contributed by atoms with van der Waals surface area (Å²) in [5, 5.41) is 6.61. The number of nitrogens with one attached hydrogen (secondary N) is 2. The summed E-state index contributed by atoms with van der Waals surface area (Å²) in [7, 11) is 1.70. The van der Waals surface area contributed by atoms with E-state index >= 15 is 0 Å². The van der Waals surface area contributed by atoms with E-state index < -0.39 is 0 Å². The van der Waals surface area contributed by atoms with E-state index in [1.54, 1.807) is 7.11 Å². The van der Waals surface area contributed by atoms with Crippen molar-refractivity contribution in [3.63, 3.8) is 0 Å². The van der Waals surface area contributed by atoms with E-state index in [0.29, 0.717) is 6.54 Å². The van der Waals surface area contributed by atoms with Gasteiger partial charge < -0.3 is 15.4 Å². The van der Waals surface area contributed by atoms with Gasteiger partial charge in [0, 0.05) is 13.1 Å². The van der Waals surface area contributed by atoms with Crippen LogP contribution in [0.25, 0.3) is 0 Å². The quantitative estimate of drug-likeness (QED) is 0.316. The highest BCUT2D eigenvalue weighted by Crippen LogP contribution is 2.18. The maximum Gasteiger partial charge on any atom is 0.191 e. The zero-order chi connectivity index (χ0) is 14.8. The van der Waals surface area contributed by atoms with Crippen LogP contribution >= 0.6 is 24.0 Å². The highest BCUT2D eigenvalue weighted by Gasteiger charge is 2.00. The summed E-state index contributed by atoms with van der Waals surface area (Å²) in [5.74, 6) is 1.81. The maximum absolute atomic E-state index is 5.27. The molecule has 0 aliphatic heterocycles. The van der Waals surface area contributed by atoms with Gasteiger partial charge in [0.1, 0.15) is 5.75 Å². The van der Waals surface area contributed by atoms with E-state index in [1.807, 2.05) is 6.07 Å². The Morgan fingerprint density at radius 2 is 2.00 bits per heavy atom. The number of aryl methyl sites for hydroxylation is 1. The Hall–Kier alpha value is -0.980. The first-order chi connectivity index (χ1) is 9.71. The summed E-state index contributed by atoms with van der Waals surface area (Å²) in [6.07, 6.45) is 2.34. The van der Waals surface area contributed by atoms with Crippen LogP contribution < -0.4 is 15.4 Å². The normalized spacial score (nSPS) is 10.8. The molecule has 0 heterocycles. The number of benzene rings is 1. The molecule has 0 atom stereocenters. The Balaban J connectivity index is 0.00000400. The second-order valence-corrected chi connectivity index (χ2v) is 4.78. The van der Waals surface area contributed by atoms with Crippen LogP contribution in [0, 0.1) is 6.92 Å².